The lowest BCUT2D eigenvalue weighted by Crippen LogP contribution is -2.48. The molecule has 17 heteroatoms. The first-order chi connectivity index (χ1) is 27.1. The van der Waals surface area contributed by atoms with E-state index in [4.69, 9.17) is 26.4 Å². The van der Waals surface area contributed by atoms with Gasteiger partial charge in [0.1, 0.15) is 5.02 Å². The molecule has 0 aliphatic carbocycles. The number of nitrogens with one attached hydrogen (secondary N) is 3. The van der Waals surface area contributed by atoms with E-state index in [9.17, 15) is 19.2 Å². The van der Waals surface area contributed by atoms with Gasteiger partial charge in [-0.15, -0.1) is 0 Å². The average molecular weight is 782 g/mol. The number of fused-ring (bicyclic) bond motifs is 2. The molecule has 56 heavy (non-hydrogen) atoms. The fraction of sp³-hybridized carbons (Fsp3) is 0.410. The van der Waals surface area contributed by atoms with Gasteiger partial charge in [-0.1, -0.05) is 23.7 Å². The lowest BCUT2D eigenvalue weighted by Gasteiger charge is -2.36. The molecule has 2 atom stereocenters. The third kappa shape index (κ3) is 7.33. The van der Waals surface area contributed by atoms with Crippen molar-refractivity contribution in [2.75, 3.05) is 74.6 Å². The number of likely N-dealkylation sites (N-methyl/N-ethyl adjacent to an activating group) is 1. The van der Waals surface area contributed by atoms with Gasteiger partial charge in [0.2, 0.25) is 17.8 Å². The fourth-order valence-corrected chi connectivity index (χ4v) is 8.23. The van der Waals surface area contributed by atoms with Crippen molar-refractivity contribution in [2.45, 2.75) is 25.2 Å². The molecule has 292 valence electrons. The van der Waals surface area contributed by atoms with Gasteiger partial charge in [0.25, 0.3) is 11.5 Å². The first-order valence-corrected chi connectivity index (χ1v) is 19.2. The molecule has 3 aliphatic heterocycles. The minimum atomic E-state index is -0.431. The fourth-order valence-electron chi connectivity index (χ4n) is 8.09. The summed E-state index contributed by atoms with van der Waals surface area (Å²) in [5, 5.41) is 15.1. The summed E-state index contributed by atoms with van der Waals surface area (Å²) >= 11 is 6.57. The van der Waals surface area contributed by atoms with E-state index in [-0.39, 0.29) is 35.6 Å². The summed E-state index contributed by atoms with van der Waals surface area (Å²) in [6.07, 6.45) is 3.48. The number of pyridine rings is 1. The number of imide groups is 1. The van der Waals surface area contributed by atoms with Crippen molar-refractivity contribution in [1.82, 2.24) is 39.8 Å². The molecule has 2 aromatic carbocycles. The number of piperidine rings is 1. The molecular weight excluding hydrogens is 738 g/mol. The number of hydrogen-bond donors (Lipinski definition) is 3. The Morgan fingerprint density at radius 3 is 2.62 bits per heavy atom. The minimum absolute atomic E-state index is 0.0805. The van der Waals surface area contributed by atoms with Gasteiger partial charge in [-0.2, -0.15) is 10.1 Å². The topological polar surface area (TPSA) is 172 Å². The Morgan fingerprint density at radius 2 is 1.84 bits per heavy atom. The molecule has 3 aliphatic rings. The smallest absolute Gasteiger partial charge is 0.293 e. The number of aromatic nitrogens is 5. The Bertz CT molecular complexity index is 2410. The maximum atomic E-state index is 12.8. The quantitative estimate of drug-likeness (QED) is 0.177. The van der Waals surface area contributed by atoms with Gasteiger partial charge in [-0.3, -0.25) is 34.1 Å². The van der Waals surface area contributed by atoms with E-state index < -0.39 is 5.92 Å². The Kier molecular flexibility index (Phi) is 10.2. The third-order valence-electron chi connectivity index (χ3n) is 11.1. The molecule has 0 saturated carbocycles. The monoisotopic (exact) mass is 781 g/mol. The lowest BCUT2D eigenvalue weighted by molar-refractivity contribution is -0.134. The van der Waals surface area contributed by atoms with Crippen LogP contribution in [0.2, 0.25) is 5.02 Å². The number of carbonyl (C=O) groups excluding carboxylic acids is 3. The van der Waals surface area contributed by atoms with Crippen molar-refractivity contribution >= 4 is 74.3 Å². The largest absolute Gasteiger partial charge is 0.478 e. The summed E-state index contributed by atoms with van der Waals surface area (Å²) in [6.45, 7) is 5.92. The standard InChI is InChI=1S/C39H44ClN11O5/c1-41-33(53)22-56-31-18-24-17-25(7-9-29(24)47(2)38(31)55)43-36-28(40)19-42-39(45-36)50-15-13-49(14-16-50)20-23-11-12-51(21-23)30-6-4-5-26-34(46-48(3)35(26)30)27-8-10-32(52)44-37(27)54/h4-7,9,17-19,23,27H,8,10-16,20-22H2,1-3H3,(H,41,53)(H,42,43,45)(H,44,52,54)/t23-,27?/m1/s1. The number of halogens is 1. The number of anilines is 4. The van der Waals surface area contributed by atoms with Crippen LogP contribution in [0.25, 0.3) is 21.8 Å². The molecule has 0 spiro atoms. The van der Waals surface area contributed by atoms with Crippen LogP contribution in [0.15, 0.2) is 53.5 Å². The van der Waals surface area contributed by atoms with Crippen molar-refractivity contribution in [1.29, 1.82) is 0 Å². The van der Waals surface area contributed by atoms with Crippen molar-refractivity contribution in [2.24, 2.45) is 20.0 Å². The van der Waals surface area contributed by atoms with Crippen LogP contribution in [0.4, 0.5) is 23.1 Å². The summed E-state index contributed by atoms with van der Waals surface area (Å²) in [5.41, 5.74) is 3.96. The van der Waals surface area contributed by atoms with Crippen molar-refractivity contribution in [3.05, 3.63) is 69.7 Å². The number of hydrogen-bond acceptors (Lipinski definition) is 12. The van der Waals surface area contributed by atoms with E-state index >= 15 is 0 Å². The Morgan fingerprint density at radius 1 is 1.02 bits per heavy atom. The van der Waals surface area contributed by atoms with E-state index in [0.717, 1.165) is 79.9 Å². The first kappa shape index (κ1) is 37.2. The van der Waals surface area contributed by atoms with Gasteiger partial charge in [-0.05, 0) is 49.1 Å². The number of ether oxygens (including phenoxy) is 1. The number of aryl methyl sites for hydroxylation is 2. The maximum Gasteiger partial charge on any atom is 0.293 e. The van der Waals surface area contributed by atoms with Crippen LogP contribution >= 0.6 is 11.6 Å². The normalized spacial score (nSPS) is 19.1. The number of carbonyl (C=O) groups is 3. The van der Waals surface area contributed by atoms with Crippen LogP contribution in [0.1, 0.15) is 30.9 Å². The predicted molar refractivity (Wildman–Crippen MR) is 214 cm³/mol. The molecule has 3 aromatic heterocycles. The highest BCUT2D eigenvalue weighted by atomic mass is 35.5. The van der Waals surface area contributed by atoms with E-state index in [1.165, 1.54) is 11.6 Å². The number of nitrogens with zero attached hydrogens (tertiary/aromatic N) is 8. The number of amides is 3. The average Bonchev–Trinajstić information content (AvgIpc) is 3.80. The van der Waals surface area contributed by atoms with Gasteiger partial charge >= 0.3 is 0 Å². The molecule has 3 fully saturated rings. The van der Waals surface area contributed by atoms with Crippen LogP contribution in [-0.4, -0.2) is 106 Å². The molecular formula is C39H44ClN11O5. The van der Waals surface area contributed by atoms with Gasteiger partial charge in [-0.25, -0.2) is 4.98 Å². The van der Waals surface area contributed by atoms with E-state index in [0.29, 0.717) is 46.8 Å². The van der Waals surface area contributed by atoms with Gasteiger partial charge < -0.3 is 29.7 Å². The number of rotatable bonds is 10. The van der Waals surface area contributed by atoms with Crippen molar-refractivity contribution in [3.63, 3.8) is 0 Å². The predicted octanol–water partition coefficient (Wildman–Crippen LogP) is 2.91. The first-order valence-electron chi connectivity index (χ1n) is 18.8. The van der Waals surface area contributed by atoms with Crippen LogP contribution in [0, 0.1) is 5.92 Å². The second-order valence-electron chi connectivity index (χ2n) is 14.7. The van der Waals surface area contributed by atoms with E-state index in [1.54, 1.807) is 19.3 Å². The molecule has 5 aromatic rings. The highest BCUT2D eigenvalue weighted by Crippen LogP contribution is 2.37. The van der Waals surface area contributed by atoms with Gasteiger partial charge in [0.15, 0.2) is 18.2 Å². The second kappa shape index (κ2) is 15.4. The Labute approximate surface area is 327 Å². The number of piperazine rings is 1. The van der Waals surface area contributed by atoms with Crippen LogP contribution < -0.4 is 36.0 Å². The maximum absolute atomic E-state index is 12.8. The van der Waals surface area contributed by atoms with E-state index in [1.807, 2.05) is 42.1 Å². The molecule has 3 saturated heterocycles. The number of benzene rings is 2. The minimum Gasteiger partial charge on any atom is -0.478 e. The zero-order valence-corrected chi connectivity index (χ0v) is 32.3. The summed E-state index contributed by atoms with van der Waals surface area (Å²) in [5.74, 6) is 0.389. The highest BCUT2D eigenvalue weighted by Gasteiger charge is 2.33. The SMILES string of the molecule is CNC(=O)COc1cc2cc(Nc3nc(N4CCN(C[C@H]5CCN(c6cccc7c(C8CCC(=O)NC8=O)nn(C)c67)C5)CC4)ncc3Cl)ccc2n(C)c1=O. The zero-order chi connectivity index (χ0) is 39.1. The summed E-state index contributed by atoms with van der Waals surface area (Å²) in [6, 6.07) is 13.4. The Hall–Kier alpha value is -5.74. The van der Waals surface area contributed by atoms with Crippen LogP contribution in [0.5, 0.6) is 5.75 Å². The summed E-state index contributed by atoms with van der Waals surface area (Å²) < 4.78 is 8.88. The molecule has 3 N–H and O–H groups in total. The van der Waals surface area contributed by atoms with Crippen LogP contribution in [0.3, 0.4) is 0 Å². The summed E-state index contributed by atoms with van der Waals surface area (Å²) in [7, 11) is 5.10. The molecule has 3 amide bonds. The van der Waals surface area contributed by atoms with E-state index in [2.05, 4.69) is 41.7 Å². The lowest BCUT2D eigenvalue weighted by atomic mass is 9.92. The molecule has 1 unspecified atom stereocenters. The Balaban J connectivity index is 0.890. The molecule has 8 rings (SSSR count). The van der Waals surface area contributed by atoms with Gasteiger partial charge in [0, 0.05) is 89.8 Å². The van der Waals surface area contributed by atoms with Crippen molar-refractivity contribution in [3.8, 4) is 5.75 Å². The number of para-hydroxylation sites is 1. The third-order valence-corrected chi connectivity index (χ3v) is 11.3. The van der Waals surface area contributed by atoms with Crippen LogP contribution in [-0.2, 0) is 28.5 Å². The van der Waals surface area contributed by atoms with Gasteiger partial charge in [0.05, 0.1) is 34.5 Å². The second-order valence-corrected chi connectivity index (χ2v) is 15.1. The molecule has 6 heterocycles. The highest BCUT2D eigenvalue weighted by molar-refractivity contribution is 6.33. The zero-order valence-electron chi connectivity index (χ0n) is 31.5. The van der Waals surface area contributed by atoms with Crippen molar-refractivity contribution < 1.29 is 19.1 Å². The summed E-state index contributed by atoms with van der Waals surface area (Å²) in [4.78, 5) is 65.4. The molecule has 0 bridgehead atoms. The molecule has 0 radical (unpaired) electrons. The molecule has 16 nitrogen and oxygen atoms in total.